The number of thiazole rings is 1. The SMILES string of the molecule is C#CCn1c(=NC(=O)c2ccc(S(=O)(=O)N3CCCCCC3)cc2)sc2cc(S(N)(=O)=O)ccc21. The number of nitrogens with zero attached hydrogens (tertiary/aromatic N) is 3. The van der Waals surface area contributed by atoms with Crippen molar-refractivity contribution in [1.82, 2.24) is 8.87 Å². The van der Waals surface area contributed by atoms with Crippen LogP contribution >= 0.6 is 11.3 Å². The van der Waals surface area contributed by atoms with Crippen LogP contribution in [0.15, 0.2) is 57.2 Å². The molecule has 35 heavy (non-hydrogen) atoms. The molecule has 1 aromatic heterocycles. The maximum Gasteiger partial charge on any atom is 0.279 e. The Balaban J connectivity index is 1.67. The van der Waals surface area contributed by atoms with Crippen LogP contribution in [0.3, 0.4) is 0 Å². The minimum Gasteiger partial charge on any atom is -0.305 e. The number of hydrogen-bond acceptors (Lipinski definition) is 6. The molecule has 4 rings (SSSR count). The van der Waals surface area contributed by atoms with Crippen molar-refractivity contribution >= 4 is 47.5 Å². The Labute approximate surface area is 208 Å². The van der Waals surface area contributed by atoms with Gasteiger partial charge in [-0.15, -0.1) is 6.42 Å². The summed E-state index contributed by atoms with van der Waals surface area (Å²) < 4.78 is 53.0. The molecular weight excluding hydrogens is 508 g/mol. The normalized spacial score (nSPS) is 16.2. The van der Waals surface area contributed by atoms with Crippen molar-refractivity contribution in [3.05, 3.63) is 52.8 Å². The number of fused-ring (bicyclic) bond motifs is 1. The fraction of sp³-hybridized carbons (Fsp3) is 0.304. The van der Waals surface area contributed by atoms with Crippen LogP contribution in [0.25, 0.3) is 10.2 Å². The van der Waals surface area contributed by atoms with Crippen molar-refractivity contribution in [2.75, 3.05) is 13.1 Å². The minimum absolute atomic E-state index is 0.0572. The molecule has 9 nitrogen and oxygen atoms in total. The van der Waals surface area contributed by atoms with E-state index in [0.29, 0.717) is 23.3 Å². The second-order valence-corrected chi connectivity index (χ2v) is 12.6. The Kier molecular flexibility index (Phi) is 7.25. The zero-order valence-electron chi connectivity index (χ0n) is 18.8. The van der Waals surface area contributed by atoms with Gasteiger partial charge in [-0.3, -0.25) is 4.79 Å². The number of aromatic nitrogens is 1. The molecular formula is C23H24N4O5S3. The van der Waals surface area contributed by atoms with Crippen molar-refractivity contribution < 1.29 is 21.6 Å². The van der Waals surface area contributed by atoms with E-state index in [9.17, 15) is 21.6 Å². The Hall–Kier alpha value is -2.82. The summed E-state index contributed by atoms with van der Waals surface area (Å²) in [5.41, 5.74) is 0.834. The first-order valence-corrected chi connectivity index (χ1v) is 14.7. The Bertz CT molecular complexity index is 1590. The molecule has 0 atom stereocenters. The van der Waals surface area contributed by atoms with Crippen LogP contribution in [-0.4, -0.2) is 44.7 Å². The quantitative estimate of drug-likeness (QED) is 0.504. The summed E-state index contributed by atoms with van der Waals surface area (Å²) in [4.78, 5) is 17.4. The van der Waals surface area contributed by atoms with Crippen LogP contribution < -0.4 is 9.94 Å². The number of primary sulfonamides is 1. The van der Waals surface area contributed by atoms with E-state index >= 15 is 0 Å². The summed E-state index contributed by atoms with van der Waals surface area (Å²) in [5, 5.41) is 5.22. The van der Waals surface area contributed by atoms with E-state index in [1.54, 1.807) is 10.6 Å². The average Bonchev–Trinajstić information content (AvgIpc) is 2.98. The van der Waals surface area contributed by atoms with Crippen LogP contribution in [-0.2, 0) is 26.6 Å². The van der Waals surface area contributed by atoms with E-state index in [-0.39, 0.29) is 26.7 Å². The average molecular weight is 533 g/mol. The third-order valence-corrected chi connectivity index (χ3v) is 9.60. The van der Waals surface area contributed by atoms with Gasteiger partial charge < -0.3 is 4.57 Å². The number of carbonyl (C=O) groups excluding carboxylic acids is 1. The molecule has 2 heterocycles. The molecule has 0 saturated carbocycles. The number of sulfonamides is 2. The van der Waals surface area contributed by atoms with Gasteiger partial charge in [-0.2, -0.15) is 9.30 Å². The van der Waals surface area contributed by atoms with E-state index in [0.717, 1.165) is 37.0 Å². The molecule has 1 fully saturated rings. The number of nitrogens with two attached hydrogens (primary N) is 1. The zero-order chi connectivity index (χ0) is 25.2. The molecule has 184 valence electrons. The second-order valence-electron chi connectivity index (χ2n) is 8.11. The zero-order valence-corrected chi connectivity index (χ0v) is 21.2. The molecule has 0 aliphatic carbocycles. The van der Waals surface area contributed by atoms with Gasteiger partial charge in [0.15, 0.2) is 4.80 Å². The van der Waals surface area contributed by atoms with Gasteiger partial charge in [-0.25, -0.2) is 22.0 Å². The molecule has 12 heteroatoms. The molecule has 2 aromatic carbocycles. The van der Waals surface area contributed by atoms with Gasteiger partial charge in [0.25, 0.3) is 5.91 Å². The first-order chi connectivity index (χ1) is 16.6. The van der Waals surface area contributed by atoms with Crippen LogP contribution in [0.2, 0.25) is 0 Å². The number of benzene rings is 2. The molecule has 2 N–H and O–H groups in total. The molecule has 0 spiro atoms. The number of terminal acetylenes is 1. The van der Waals surface area contributed by atoms with Crippen LogP contribution in [0.4, 0.5) is 0 Å². The highest BCUT2D eigenvalue weighted by Crippen LogP contribution is 2.23. The summed E-state index contributed by atoms with van der Waals surface area (Å²) in [6.07, 6.45) is 9.18. The summed E-state index contributed by atoms with van der Waals surface area (Å²) in [6.45, 7) is 1.10. The maximum atomic E-state index is 13.0. The summed E-state index contributed by atoms with van der Waals surface area (Å²) in [7, 11) is -7.52. The topological polar surface area (TPSA) is 132 Å². The highest BCUT2D eigenvalue weighted by atomic mass is 32.2. The fourth-order valence-corrected chi connectivity index (χ4v) is 7.11. The molecule has 1 aliphatic rings. The van der Waals surface area contributed by atoms with Gasteiger partial charge in [0.2, 0.25) is 20.0 Å². The van der Waals surface area contributed by atoms with Crippen molar-refractivity contribution in [3.63, 3.8) is 0 Å². The van der Waals surface area contributed by atoms with Gasteiger partial charge in [0.1, 0.15) is 0 Å². The second kappa shape index (κ2) is 10.0. The lowest BCUT2D eigenvalue weighted by atomic mass is 10.2. The highest BCUT2D eigenvalue weighted by Gasteiger charge is 2.25. The van der Waals surface area contributed by atoms with Gasteiger partial charge >= 0.3 is 0 Å². The van der Waals surface area contributed by atoms with E-state index in [2.05, 4.69) is 10.9 Å². The standard InChI is InChI=1S/C23H24N4O5S3/c1-2-13-27-20-12-11-19(34(24,29)30)16-21(20)33-23(27)25-22(28)17-7-9-18(10-8-17)35(31,32)26-14-5-3-4-6-15-26/h1,7-12,16H,3-6,13-15H2,(H2,24,29,30). The van der Waals surface area contributed by atoms with E-state index < -0.39 is 26.0 Å². The van der Waals surface area contributed by atoms with E-state index in [4.69, 9.17) is 11.6 Å². The number of hydrogen-bond donors (Lipinski definition) is 1. The molecule has 3 aromatic rings. The molecule has 1 saturated heterocycles. The lowest BCUT2D eigenvalue weighted by molar-refractivity contribution is 0.0997. The Morgan fingerprint density at radius 1 is 1.00 bits per heavy atom. The van der Waals surface area contributed by atoms with Crippen molar-refractivity contribution in [3.8, 4) is 12.3 Å². The summed E-state index contributed by atoms with van der Waals surface area (Å²) >= 11 is 1.10. The predicted octanol–water partition coefficient (Wildman–Crippen LogP) is 2.29. The largest absolute Gasteiger partial charge is 0.305 e. The van der Waals surface area contributed by atoms with Gasteiger partial charge in [-0.1, -0.05) is 30.1 Å². The van der Waals surface area contributed by atoms with E-state index in [1.807, 2.05) is 0 Å². The van der Waals surface area contributed by atoms with Gasteiger partial charge in [0, 0.05) is 18.7 Å². The van der Waals surface area contributed by atoms with Crippen molar-refractivity contribution in [2.45, 2.75) is 42.0 Å². The van der Waals surface area contributed by atoms with Crippen molar-refractivity contribution in [1.29, 1.82) is 0 Å². The monoisotopic (exact) mass is 532 g/mol. The molecule has 0 radical (unpaired) electrons. The first kappa shape index (κ1) is 25.3. The van der Waals surface area contributed by atoms with Crippen LogP contribution in [0, 0.1) is 12.3 Å². The molecule has 1 aliphatic heterocycles. The lowest BCUT2D eigenvalue weighted by Crippen LogP contribution is -2.31. The predicted molar refractivity (Wildman–Crippen MR) is 134 cm³/mol. The van der Waals surface area contributed by atoms with Gasteiger partial charge in [-0.05, 0) is 55.3 Å². The molecule has 1 amide bonds. The highest BCUT2D eigenvalue weighted by molar-refractivity contribution is 7.89. The summed E-state index contributed by atoms with van der Waals surface area (Å²) in [5.74, 6) is 1.93. The minimum atomic E-state index is -3.90. The van der Waals surface area contributed by atoms with Crippen LogP contribution in [0.1, 0.15) is 36.0 Å². The van der Waals surface area contributed by atoms with Crippen LogP contribution in [0.5, 0.6) is 0 Å². The third-order valence-electron chi connectivity index (χ3n) is 5.73. The number of amides is 1. The lowest BCUT2D eigenvalue weighted by Gasteiger charge is -2.19. The van der Waals surface area contributed by atoms with Crippen molar-refractivity contribution in [2.24, 2.45) is 10.1 Å². The Morgan fingerprint density at radius 3 is 2.23 bits per heavy atom. The maximum absolute atomic E-state index is 13.0. The first-order valence-electron chi connectivity index (χ1n) is 10.9. The fourth-order valence-electron chi connectivity index (χ4n) is 3.91. The summed E-state index contributed by atoms with van der Waals surface area (Å²) in [6, 6.07) is 10.1. The number of carbonyl (C=O) groups is 1. The smallest absolute Gasteiger partial charge is 0.279 e. The molecule has 0 unspecified atom stereocenters. The third kappa shape index (κ3) is 5.39. The number of rotatable bonds is 5. The van der Waals surface area contributed by atoms with E-state index in [1.165, 1.54) is 40.7 Å². The Morgan fingerprint density at radius 2 is 1.63 bits per heavy atom. The molecule has 0 bridgehead atoms. The van der Waals surface area contributed by atoms with Gasteiger partial charge in [0.05, 0.1) is 26.6 Å².